The van der Waals surface area contributed by atoms with Gasteiger partial charge in [0.25, 0.3) is 0 Å². The van der Waals surface area contributed by atoms with Crippen LogP contribution in [0.2, 0.25) is 0 Å². The van der Waals surface area contributed by atoms with E-state index in [-0.39, 0.29) is 24.8 Å². The number of anilines is 1. The average molecular weight is 429 g/mol. The molecule has 2 aromatic rings. The second-order valence-electron chi connectivity index (χ2n) is 7.26. The van der Waals surface area contributed by atoms with E-state index in [1.807, 2.05) is 31.2 Å². The molecule has 3 rings (SSSR count). The minimum atomic E-state index is -3.43. The number of hydrogen-bond donors (Lipinski definition) is 2. The fourth-order valence-corrected chi connectivity index (χ4v) is 3.82. The average Bonchev–Trinajstić information content (AvgIpc) is 3.11. The molecule has 8 nitrogen and oxygen atoms in total. The molecule has 0 aromatic heterocycles. The molecule has 0 spiro atoms. The molecule has 0 aliphatic carbocycles. The van der Waals surface area contributed by atoms with Crippen molar-refractivity contribution in [1.29, 1.82) is 0 Å². The maximum atomic E-state index is 12.7. The van der Waals surface area contributed by atoms with Gasteiger partial charge in [0.05, 0.1) is 24.4 Å². The zero-order valence-electron chi connectivity index (χ0n) is 16.7. The Labute approximate surface area is 175 Å². The van der Waals surface area contributed by atoms with Gasteiger partial charge in [-0.2, -0.15) is 5.10 Å². The highest BCUT2D eigenvalue weighted by molar-refractivity contribution is 7.92. The number of hydrazone groups is 1. The van der Waals surface area contributed by atoms with Gasteiger partial charge in [0, 0.05) is 18.5 Å². The van der Waals surface area contributed by atoms with Crippen molar-refractivity contribution in [3.8, 4) is 0 Å². The summed E-state index contributed by atoms with van der Waals surface area (Å²) in [5, 5.41) is 14.7. The number of aryl methyl sites for hydroxylation is 1. The topological polar surface area (TPSA) is 116 Å². The van der Waals surface area contributed by atoms with Gasteiger partial charge in [-0.25, -0.2) is 13.4 Å². The fraction of sp³-hybridized carbons (Fsp3) is 0.286. The Morgan fingerprint density at radius 1 is 1.17 bits per heavy atom. The van der Waals surface area contributed by atoms with E-state index in [2.05, 4.69) is 9.82 Å². The highest BCUT2D eigenvalue weighted by atomic mass is 32.2. The number of benzene rings is 2. The Kier molecular flexibility index (Phi) is 6.21. The van der Waals surface area contributed by atoms with E-state index in [0.717, 1.165) is 17.4 Å². The third kappa shape index (κ3) is 5.44. The maximum absolute atomic E-state index is 12.7. The molecular formula is C21H23N3O5S. The predicted octanol–water partition coefficient (Wildman–Crippen LogP) is 2.91. The van der Waals surface area contributed by atoms with Gasteiger partial charge in [0.1, 0.15) is 0 Å². The number of nitrogens with one attached hydrogen (secondary N) is 1. The van der Waals surface area contributed by atoms with E-state index in [4.69, 9.17) is 5.11 Å². The fourth-order valence-electron chi connectivity index (χ4n) is 3.27. The summed E-state index contributed by atoms with van der Waals surface area (Å²) in [7, 11) is -3.43. The zero-order chi connectivity index (χ0) is 21.9. The standard InChI is InChI=1S/C21H23N3O5S/c1-14-6-8-15(9-7-14)19-13-18(22-24(19)20(25)10-11-21(26)27)16-4-3-5-17(12-16)23-30(2,28)29/h3-9,12,19,23H,10-11,13H2,1-2H3,(H,26,27)/t19-/m1/s1. The second-order valence-corrected chi connectivity index (χ2v) is 9.01. The monoisotopic (exact) mass is 429 g/mol. The van der Waals surface area contributed by atoms with Crippen LogP contribution in [0, 0.1) is 6.92 Å². The molecule has 0 bridgehead atoms. The van der Waals surface area contributed by atoms with Gasteiger partial charge < -0.3 is 5.11 Å². The Bertz CT molecular complexity index is 1090. The van der Waals surface area contributed by atoms with Gasteiger partial charge in [0.15, 0.2) is 0 Å². The first-order valence-corrected chi connectivity index (χ1v) is 11.3. The molecule has 0 radical (unpaired) electrons. The molecule has 30 heavy (non-hydrogen) atoms. The van der Waals surface area contributed by atoms with E-state index >= 15 is 0 Å². The van der Waals surface area contributed by atoms with Gasteiger partial charge in [-0.05, 0) is 30.2 Å². The Morgan fingerprint density at radius 3 is 2.50 bits per heavy atom. The molecule has 0 saturated carbocycles. The number of carboxylic acids is 1. The van der Waals surface area contributed by atoms with Crippen LogP contribution in [0.3, 0.4) is 0 Å². The molecule has 1 aliphatic heterocycles. The van der Waals surface area contributed by atoms with Crippen LogP contribution in [0.25, 0.3) is 0 Å². The number of carboxylic acid groups (broad SMARTS) is 1. The minimum absolute atomic E-state index is 0.149. The van der Waals surface area contributed by atoms with Gasteiger partial charge in [-0.3, -0.25) is 14.3 Å². The number of hydrogen-bond acceptors (Lipinski definition) is 5. The summed E-state index contributed by atoms with van der Waals surface area (Å²) in [4.78, 5) is 23.6. The van der Waals surface area contributed by atoms with Crippen LogP contribution in [0.4, 0.5) is 5.69 Å². The zero-order valence-corrected chi connectivity index (χ0v) is 17.5. The molecule has 0 saturated heterocycles. The van der Waals surface area contributed by atoms with Crippen LogP contribution in [0.5, 0.6) is 0 Å². The van der Waals surface area contributed by atoms with E-state index in [1.54, 1.807) is 24.3 Å². The van der Waals surface area contributed by atoms with Crippen LogP contribution in [0.15, 0.2) is 53.6 Å². The lowest BCUT2D eigenvalue weighted by molar-refractivity contribution is -0.141. The van der Waals surface area contributed by atoms with E-state index in [0.29, 0.717) is 23.4 Å². The first-order chi connectivity index (χ1) is 14.1. The van der Waals surface area contributed by atoms with Gasteiger partial charge in [-0.1, -0.05) is 42.0 Å². The number of aliphatic carboxylic acids is 1. The van der Waals surface area contributed by atoms with Crippen molar-refractivity contribution in [2.45, 2.75) is 32.2 Å². The number of rotatable bonds is 7. The lowest BCUT2D eigenvalue weighted by Crippen LogP contribution is -2.27. The molecule has 1 heterocycles. The number of nitrogens with zero attached hydrogens (tertiary/aromatic N) is 2. The van der Waals surface area contributed by atoms with Crippen molar-refractivity contribution < 1.29 is 23.1 Å². The van der Waals surface area contributed by atoms with Gasteiger partial charge in [0.2, 0.25) is 15.9 Å². The van der Waals surface area contributed by atoms with Crippen LogP contribution in [-0.2, 0) is 19.6 Å². The van der Waals surface area contributed by atoms with Crippen LogP contribution in [-0.4, -0.2) is 42.4 Å². The molecule has 1 amide bonds. The molecule has 1 atom stereocenters. The molecule has 2 aromatic carbocycles. The highest BCUT2D eigenvalue weighted by Gasteiger charge is 2.33. The molecule has 0 unspecified atom stereocenters. The van der Waals surface area contributed by atoms with Crippen LogP contribution < -0.4 is 4.72 Å². The van der Waals surface area contributed by atoms with Crippen molar-refractivity contribution in [2.75, 3.05) is 11.0 Å². The van der Waals surface area contributed by atoms with Crippen LogP contribution >= 0.6 is 0 Å². The SMILES string of the molecule is Cc1ccc([C@H]2CC(c3cccc(NS(C)(=O)=O)c3)=NN2C(=O)CCC(=O)O)cc1. The molecular weight excluding hydrogens is 406 g/mol. The highest BCUT2D eigenvalue weighted by Crippen LogP contribution is 2.34. The largest absolute Gasteiger partial charge is 0.481 e. The van der Waals surface area contributed by atoms with E-state index in [1.165, 1.54) is 5.01 Å². The number of carbonyl (C=O) groups excluding carboxylic acids is 1. The molecule has 158 valence electrons. The van der Waals surface area contributed by atoms with Crippen molar-refractivity contribution in [2.24, 2.45) is 5.10 Å². The smallest absolute Gasteiger partial charge is 0.303 e. The third-order valence-corrected chi connectivity index (χ3v) is 5.29. The number of carbonyl (C=O) groups is 2. The minimum Gasteiger partial charge on any atom is -0.481 e. The van der Waals surface area contributed by atoms with Crippen LogP contribution in [0.1, 0.15) is 42.0 Å². The molecule has 9 heteroatoms. The Morgan fingerprint density at radius 2 is 1.87 bits per heavy atom. The Balaban J connectivity index is 1.92. The van der Waals surface area contributed by atoms with E-state index < -0.39 is 16.0 Å². The lowest BCUT2D eigenvalue weighted by Gasteiger charge is -2.22. The van der Waals surface area contributed by atoms with Crippen molar-refractivity contribution in [1.82, 2.24) is 5.01 Å². The maximum Gasteiger partial charge on any atom is 0.303 e. The van der Waals surface area contributed by atoms with Crippen molar-refractivity contribution in [3.63, 3.8) is 0 Å². The summed E-state index contributed by atoms with van der Waals surface area (Å²) in [5.74, 6) is -1.42. The lowest BCUT2D eigenvalue weighted by atomic mass is 9.97. The first-order valence-electron chi connectivity index (χ1n) is 9.38. The third-order valence-electron chi connectivity index (χ3n) is 4.68. The summed E-state index contributed by atoms with van der Waals surface area (Å²) in [6, 6.07) is 14.2. The molecule has 0 fully saturated rings. The molecule has 1 aliphatic rings. The second kappa shape index (κ2) is 8.66. The number of sulfonamides is 1. The normalized spacial score (nSPS) is 16.3. The summed E-state index contributed by atoms with van der Waals surface area (Å²) < 4.78 is 25.5. The van der Waals surface area contributed by atoms with Crippen molar-refractivity contribution >= 4 is 33.3 Å². The summed E-state index contributed by atoms with van der Waals surface area (Å²) in [5.41, 5.74) is 3.70. The first kappa shape index (κ1) is 21.5. The number of amides is 1. The quantitative estimate of drug-likeness (QED) is 0.702. The summed E-state index contributed by atoms with van der Waals surface area (Å²) in [6.45, 7) is 1.97. The summed E-state index contributed by atoms with van der Waals surface area (Å²) >= 11 is 0. The Hall–Kier alpha value is -3.20. The predicted molar refractivity (Wildman–Crippen MR) is 114 cm³/mol. The van der Waals surface area contributed by atoms with Gasteiger partial charge in [-0.15, -0.1) is 0 Å². The van der Waals surface area contributed by atoms with E-state index in [9.17, 15) is 18.0 Å². The van der Waals surface area contributed by atoms with Gasteiger partial charge >= 0.3 is 5.97 Å². The summed E-state index contributed by atoms with van der Waals surface area (Å²) in [6.07, 6.45) is 1.09. The van der Waals surface area contributed by atoms with Crippen molar-refractivity contribution in [3.05, 3.63) is 65.2 Å². The molecule has 2 N–H and O–H groups in total.